The average Bonchev–Trinajstić information content (AvgIpc) is 2.98. The van der Waals surface area contributed by atoms with Gasteiger partial charge in [-0.3, -0.25) is 9.59 Å². The van der Waals surface area contributed by atoms with Crippen molar-refractivity contribution in [2.75, 3.05) is 17.3 Å². The maximum Gasteiger partial charge on any atom is 0.332 e. The van der Waals surface area contributed by atoms with Gasteiger partial charge in [0, 0.05) is 17.8 Å². The molecule has 1 fully saturated rings. The summed E-state index contributed by atoms with van der Waals surface area (Å²) in [5.41, 5.74) is 2.26. The van der Waals surface area contributed by atoms with Crippen molar-refractivity contribution in [3.8, 4) is 5.75 Å². The van der Waals surface area contributed by atoms with Gasteiger partial charge in [-0.15, -0.1) is 0 Å². The Bertz CT molecular complexity index is 940. The summed E-state index contributed by atoms with van der Waals surface area (Å²) in [5.74, 6) is -0.192. The Balaban J connectivity index is 1.80. The molecule has 0 bridgehead atoms. The van der Waals surface area contributed by atoms with E-state index in [0.717, 1.165) is 11.3 Å². The molecule has 2 aromatic rings. The lowest BCUT2D eigenvalue weighted by Gasteiger charge is -2.25. The number of urea groups is 1. The molecule has 0 aliphatic carbocycles. The lowest BCUT2D eigenvalue weighted by Crippen LogP contribution is -2.42. The van der Waals surface area contributed by atoms with Crippen LogP contribution in [0.2, 0.25) is 0 Å². The SMILES string of the molecule is CCc1ccc(NC(=O)C[C@@H]2C(=O)N(c3cccc(OC)c3)C(=O)N2C(C)C)cc1. The molecule has 158 valence electrons. The third kappa shape index (κ3) is 4.30. The van der Waals surface area contributed by atoms with Crippen LogP contribution in [0.25, 0.3) is 0 Å². The molecule has 1 aliphatic heterocycles. The van der Waals surface area contributed by atoms with Crippen LogP contribution in [-0.2, 0) is 16.0 Å². The fourth-order valence-corrected chi connectivity index (χ4v) is 3.58. The number of methoxy groups -OCH3 is 1. The van der Waals surface area contributed by atoms with Crippen molar-refractivity contribution in [2.45, 2.75) is 45.7 Å². The third-order valence-electron chi connectivity index (χ3n) is 5.15. The summed E-state index contributed by atoms with van der Waals surface area (Å²) >= 11 is 0. The molecular weight excluding hydrogens is 382 g/mol. The Morgan fingerprint density at radius 2 is 1.83 bits per heavy atom. The van der Waals surface area contributed by atoms with Crippen molar-refractivity contribution < 1.29 is 19.1 Å². The standard InChI is InChI=1S/C23H27N3O4/c1-5-16-9-11-17(12-10-16)24-21(27)14-20-22(28)26(23(29)25(20)15(2)3)18-7-6-8-19(13-18)30-4/h6-13,15,20H,5,14H2,1-4H3,(H,24,27)/t20-/m1/s1. The van der Waals surface area contributed by atoms with E-state index in [9.17, 15) is 14.4 Å². The highest BCUT2D eigenvalue weighted by Crippen LogP contribution is 2.30. The number of benzene rings is 2. The van der Waals surface area contributed by atoms with Crippen LogP contribution in [0.1, 0.15) is 32.8 Å². The molecule has 3 rings (SSSR count). The molecule has 0 radical (unpaired) electrons. The first-order chi connectivity index (χ1) is 14.3. The van der Waals surface area contributed by atoms with E-state index in [1.807, 2.05) is 38.1 Å². The minimum atomic E-state index is -0.862. The van der Waals surface area contributed by atoms with E-state index in [4.69, 9.17) is 4.74 Å². The molecule has 1 saturated heterocycles. The fraction of sp³-hybridized carbons (Fsp3) is 0.348. The first-order valence-electron chi connectivity index (χ1n) is 10.0. The predicted octanol–water partition coefficient (Wildman–Crippen LogP) is 3.83. The second-order valence-corrected chi connectivity index (χ2v) is 7.48. The predicted molar refractivity (Wildman–Crippen MR) is 116 cm³/mol. The summed E-state index contributed by atoms with van der Waals surface area (Å²) in [5, 5.41) is 2.82. The summed E-state index contributed by atoms with van der Waals surface area (Å²) < 4.78 is 5.21. The Labute approximate surface area is 176 Å². The minimum absolute atomic E-state index is 0.112. The average molecular weight is 409 g/mol. The monoisotopic (exact) mass is 409 g/mol. The van der Waals surface area contributed by atoms with E-state index in [-0.39, 0.29) is 18.4 Å². The number of amides is 4. The van der Waals surface area contributed by atoms with Gasteiger partial charge in [0.15, 0.2) is 0 Å². The minimum Gasteiger partial charge on any atom is -0.497 e. The molecule has 30 heavy (non-hydrogen) atoms. The summed E-state index contributed by atoms with van der Waals surface area (Å²) in [6, 6.07) is 12.8. The maximum atomic E-state index is 13.1. The molecule has 0 saturated carbocycles. The molecule has 0 unspecified atom stereocenters. The van der Waals surface area contributed by atoms with Gasteiger partial charge >= 0.3 is 6.03 Å². The summed E-state index contributed by atoms with van der Waals surface area (Å²) in [6.07, 6.45) is 0.801. The van der Waals surface area contributed by atoms with Crippen molar-refractivity contribution in [3.05, 3.63) is 54.1 Å². The molecular formula is C23H27N3O4. The number of nitrogens with zero attached hydrogens (tertiary/aromatic N) is 2. The lowest BCUT2D eigenvalue weighted by atomic mass is 10.1. The lowest BCUT2D eigenvalue weighted by molar-refractivity contribution is -0.124. The molecule has 1 aliphatic rings. The van der Waals surface area contributed by atoms with Crippen molar-refractivity contribution in [1.29, 1.82) is 0 Å². The number of hydrogen-bond acceptors (Lipinski definition) is 4. The van der Waals surface area contributed by atoms with E-state index in [2.05, 4.69) is 12.2 Å². The molecule has 0 aromatic heterocycles. The number of nitrogens with one attached hydrogen (secondary N) is 1. The van der Waals surface area contributed by atoms with Gasteiger partial charge in [-0.25, -0.2) is 9.69 Å². The quantitative estimate of drug-likeness (QED) is 0.705. The number of aryl methyl sites for hydroxylation is 1. The zero-order chi connectivity index (χ0) is 21.8. The Kier molecular flexibility index (Phi) is 6.40. The van der Waals surface area contributed by atoms with Crippen molar-refractivity contribution in [1.82, 2.24) is 4.90 Å². The zero-order valence-electron chi connectivity index (χ0n) is 17.7. The summed E-state index contributed by atoms with van der Waals surface area (Å²) in [4.78, 5) is 41.4. The van der Waals surface area contributed by atoms with E-state index < -0.39 is 18.0 Å². The third-order valence-corrected chi connectivity index (χ3v) is 5.15. The van der Waals surface area contributed by atoms with E-state index in [0.29, 0.717) is 17.1 Å². The zero-order valence-corrected chi connectivity index (χ0v) is 17.7. The first-order valence-corrected chi connectivity index (χ1v) is 10.0. The number of carbonyl (C=O) groups excluding carboxylic acids is 3. The molecule has 7 heteroatoms. The largest absolute Gasteiger partial charge is 0.497 e. The van der Waals surface area contributed by atoms with Crippen LogP contribution < -0.4 is 15.0 Å². The second-order valence-electron chi connectivity index (χ2n) is 7.48. The molecule has 7 nitrogen and oxygen atoms in total. The molecule has 0 spiro atoms. The van der Waals surface area contributed by atoms with E-state index in [1.165, 1.54) is 17.6 Å². The number of carbonyl (C=O) groups is 3. The highest BCUT2D eigenvalue weighted by atomic mass is 16.5. The van der Waals surface area contributed by atoms with Gasteiger partial charge in [0.1, 0.15) is 11.8 Å². The van der Waals surface area contributed by atoms with Crippen LogP contribution in [-0.4, -0.2) is 41.9 Å². The van der Waals surface area contributed by atoms with Crippen molar-refractivity contribution >= 4 is 29.2 Å². The Morgan fingerprint density at radius 1 is 1.13 bits per heavy atom. The normalized spacial score (nSPS) is 16.4. The van der Waals surface area contributed by atoms with Crippen LogP contribution >= 0.6 is 0 Å². The number of ether oxygens (including phenoxy) is 1. The highest BCUT2D eigenvalue weighted by molar-refractivity contribution is 6.22. The summed E-state index contributed by atoms with van der Waals surface area (Å²) in [7, 11) is 1.52. The van der Waals surface area contributed by atoms with Crippen molar-refractivity contribution in [3.63, 3.8) is 0 Å². The van der Waals surface area contributed by atoms with Gasteiger partial charge in [0.25, 0.3) is 5.91 Å². The topological polar surface area (TPSA) is 79.0 Å². The van der Waals surface area contributed by atoms with Gasteiger partial charge in [-0.05, 0) is 50.1 Å². The van der Waals surface area contributed by atoms with E-state index >= 15 is 0 Å². The van der Waals surface area contributed by atoms with E-state index in [1.54, 1.807) is 24.3 Å². The highest BCUT2D eigenvalue weighted by Gasteiger charge is 2.47. The number of hydrogen-bond donors (Lipinski definition) is 1. The molecule has 4 amide bonds. The number of rotatable bonds is 7. The van der Waals surface area contributed by atoms with Crippen LogP contribution in [0.4, 0.5) is 16.2 Å². The number of imide groups is 1. The Morgan fingerprint density at radius 3 is 2.43 bits per heavy atom. The molecule has 1 atom stereocenters. The molecule has 1 N–H and O–H groups in total. The maximum absolute atomic E-state index is 13.1. The first kappa shape index (κ1) is 21.4. The molecule has 2 aromatic carbocycles. The smallest absolute Gasteiger partial charge is 0.332 e. The molecule has 1 heterocycles. The van der Waals surface area contributed by atoms with Crippen LogP contribution in [0.15, 0.2) is 48.5 Å². The fourth-order valence-electron chi connectivity index (χ4n) is 3.58. The van der Waals surface area contributed by atoms with Crippen LogP contribution in [0.5, 0.6) is 5.75 Å². The Hall–Kier alpha value is -3.35. The van der Waals surface area contributed by atoms with Gasteiger partial charge < -0.3 is 15.0 Å². The van der Waals surface area contributed by atoms with Gasteiger partial charge in [-0.1, -0.05) is 25.1 Å². The van der Waals surface area contributed by atoms with Crippen LogP contribution in [0.3, 0.4) is 0 Å². The van der Waals surface area contributed by atoms with Gasteiger partial charge in [0.2, 0.25) is 5.91 Å². The van der Waals surface area contributed by atoms with Crippen molar-refractivity contribution in [2.24, 2.45) is 0 Å². The van der Waals surface area contributed by atoms with Gasteiger partial charge in [0.05, 0.1) is 19.2 Å². The van der Waals surface area contributed by atoms with Gasteiger partial charge in [-0.2, -0.15) is 0 Å². The summed E-state index contributed by atoms with van der Waals surface area (Å²) in [6.45, 7) is 5.72. The number of anilines is 2. The second kappa shape index (κ2) is 8.98. The van der Waals surface area contributed by atoms with Crippen LogP contribution in [0, 0.1) is 0 Å².